The molecular formula is C20H17Cl2N3O5. The largest absolute Gasteiger partial charge is 0.486 e. The van der Waals surface area contributed by atoms with Crippen molar-refractivity contribution in [1.29, 1.82) is 0 Å². The van der Waals surface area contributed by atoms with Gasteiger partial charge in [0.2, 0.25) is 5.91 Å². The molecule has 4 amide bonds. The van der Waals surface area contributed by atoms with Crippen LogP contribution in [-0.2, 0) is 15.1 Å². The Labute approximate surface area is 182 Å². The number of carbonyl (C=O) groups is 3. The van der Waals surface area contributed by atoms with E-state index in [0.29, 0.717) is 41.0 Å². The summed E-state index contributed by atoms with van der Waals surface area (Å²) in [6.07, 6.45) is 0. The lowest BCUT2D eigenvalue weighted by molar-refractivity contribution is -0.133. The number of nitrogens with zero attached hydrogens (tertiary/aromatic N) is 1. The van der Waals surface area contributed by atoms with Crippen LogP contribution in [0.1, 0.15) is 12.5 Å². The molecule has 4 rings (SSSR count). The Morgan fingerprint density at radius 1 is 1.13 bits per heavy atom. The molecule has 0 saturated carbocycles. The van der Waals surface area contributed by atoms with Gasteiger partial charge in [-0.15, -0.1) is 0 Å². The maximum Gasteiger partial charge on any atom is 0.325 e. The first-order valence-corrected chi connectivity index (χ1v) is 9.82. The number of amides is 4. The molecule has 156 valence electrons. The van der Waals surface area contributed by atoms with Gasteiger partial charge < -0.3 is 20.1 Å². The Morgan fingerprint density at radius 2 is 1.87 bits per heavy atom. The Balaban J connectivity index is 1.48. The van der Waals surface area contributed by atoms with E-state index in [4.69, 9.17) is 32.7 Å². The molecule has 30 heavy (non-hydrogen) atoms. The van der Waals surface area contributed by atoms with Gasteiger partial charge in [-0.1, -0.05) is 29.3 Å². The molecule has 2 aliphatic heterocycles. The van der Waals surface area contributed by atoms with Gasteiger partial charge in [-0.25, -0.2) is 4.79 Å². The highest BCUT2D eigenvalue weighted by Crippen LogP contribution is 2.35. The molecule has 0 spiro atoms. The normalized spacial score (nSPS) is 20.2. The van der Waals surface area contributed by atoms with Crippen LogP contribution in [0, 0.1) is 0 Å². The topological polar surface area (TPSA) is 97.0 Å². The average molecular weight is 450 g/mol. The summed E-state index contributed by atoms with van der Waals surface area (Å²) in [6.45, 7) is 1.95. The number of hydrogen-bond acceptors (Lipinski definition) is 5. The lowest BCUT2D eigenvalue weighted by atomic mass is 9.92. The summed E-state index contributed by atoms with van der Waals surface area (Å²) in [6, 6.07) is 8.89. The third kappa shape index (κ3) is 3.64. The smallest absolute Gasteiger partial charge is 0.325 e. The van der Waals surface area contributed by atoms with Crippen LogP contribution in [0.25, 0.3) is 0 Å². The van der Waals surface area contributed by atoms with Crippen LogP contribution in [0.15, 0.2) is 36.4 Å². The first kappa shape index (κ1) is 20.3. The summed E-state index contributed by atoms with van der Waals surface area (Å²) >= 11 is 12.1. The van der Waals surface area contributed by atoms with E-state index in [1.54, 1.807) is 30.3 Å². The molecule has 0 aliphatic carbocycles. The quantitative estimate of drug-likeness (QED) is 0.698. The van der Waals surface area contributed by atoms with Gasteiger partial charge in [0.15, 0.2) is 11.5 Å². The Bertz CT molecular complexity index is 1060. The van der Waals surface area contributed by atoms with Gasteiger partial charge in [-0.05, 0) is 31.2 Å². The van der Waals surface area contributed by atoms with Gasteiger partial charge in [0.1, 0.15) is 25.3 Å². The summed E-state index contributed by atoms with van der Waals surface area (Å²) in [5, 5.41) is 5.90. The fourth-order valence-corrected chi connectivity index (χ4v) is 3.98. The summed E-state index contributed by atoms with van der Waals surface area (Å²) < 4.78 is 10.9. The van der Waals surface area contributed by atoms with Crippen LogP contribution in [0.5, 0.6) is 11.5 Å². The predicted octanol–water partition coefficient (Wildman–Crippen LogP) is 3.17. The second-order valence-corrected chi connectivity index (χ2v) is 7.82. The van der Waals surface area contributed by atoms with E-state index in [9.17, 15) is 14.4 Å². The Morgan fingerprint density at radius 3 is 2.60 bits per heavy atom. The minimum atomic E-state index is -1.41. The number of nitrogens with one attached hydrogen (secondary N) is 2. The van der Waals surface area contributed by atoms with Gasteiger partial charge in [-0.2, -0.15) is 0 Å². The minimum absolute atomic E-state index is 0.237. The van der Waals surface area contributed by atoms with Gasteiger partial charge in [-0.3, -0.25) is 14.5 Å². The number of rotatable bonds is 4. The molecule has 0 radical (unpaired) electrons. The van der Waals surface area contributed by atoms with E-state index < -0.39 is 29.9 Å². The summed E-state index contributed by atoms with van der Waals surface area (Å²) in [4.78, 5) is 38.8. The molecule has 10 heteroatoms. The predicted molar refractivity (Wildman–Crippen MR) is 110 cm³/mol. The van der Waals surface area contributed by atoms with E-state index in [2.05, 4.69) is 10.6 Å². The van der Waals surface area contributed by atoms with Crippen LogP contribution < -0.4 is 20.1 Å². The third-order valence-corrected chi connectivity index (χ3v) is 5.42. The molecule has 1 fully saturated rings. The highest BCUT2D eigenvalue weighted by atomic mass is 35.5. The number of urea groups is 1. The molecule has 8 nitrogen and oxygen atoms in total. The van der Waals surface area contributed by atoms with Crippen molar-refractivity contribution in [3.05, 3.63) is 52.0 Å². The second-order valence-electron chi connectivity index (χ2n) is 6.98. The van der Waals surface area contributed by atoms with Crippen molar-refractivity contribution in [2.45, 2.75) is 12.5 Å². The van der Waals surface area contributed by atoms with Crippen LogP contribution in [-0.4, -0.2) is 42.5 Å². The fraction of sp³-hybridized carbons (Fsp3) is 0.250. The van der Waals surface area contributed by atoms with Gasteiger partial charge in [0.25, 0.3) is 5.91 Å². The first-order valence-electron chi connectivity index (χ1n) is 9.07. The van der Waals surface area contributed by atoms with Crippen molar-refractivity contribution in [3.63, 3.8) is 0 Å². The molecule has 0 aromatic heterocycles. The van der Waals surface area contributed by atoms with Crippen LogP contribution in [0.3, 0.4) is 0 Å². The number of carbonyl (C=O) groups excluding carboxylic acids is 3. The zero-order valence-corrected chi connectivity index (χ0v) is 17.3. The van der Waals surface area contributed by atoms with Crippen molar-refractivity contribution in [3.8, 4) is 11.5 Å². The molecular weight excluding hydrogens is 433 g/mol. The summed E-state index contributed by atoms with van der Waals surface area (Å²) in [5.41, 5.74) is -0.558. The zero-order chi connectivity index (χ0) is 21.5. The zero-order valence-electron chi connectivity index (χ0n) is 15.8. The Hall–Kier alpha value is -2.97. The van der Waals surface area contributed by atoms with Gasteiger partial charge in [0, 0.05) is 27.4 Å². The molecule has 2 aromatic carbocycles. The number of ether oxygens (including phenoxy) is 2. The third-order valence-electron chi connectivity index (χ3n) is 4.87. The fourth-order valence-electron chi connectivity index (χ4n) is 3.38. The van der Waals surface area contributed by atoms with E-state index >= 15 is 0 Å². The average Bonchev–Trinajstić information content (AvgIpc) is 2.91. The van der Waals surface area contributed by atoms with Crippen molar-refractivity contribution < 1.29 is 23.9 Å². The van der Waals surface area contributed by atoms with Crippen molar-refractivity contribution in [2.75, 3.05) is 25.1 Å². The first-order chi connectivity index (χ1) is 14.3. The van der Waals surface area contributed by atoms with E-state index in [-0.39, 0.29) is 5.02 Å². The standard InChI is InChI=1S/C20H17Cl2N3O5/c1-20(13-4-2-11(21)8-14(13)22)18(27)25(19(28)24-20)10-17(26)23-12-3-5-15-16(9-12)30-7-6-29-15/h2-5,8-9H,6-7,10H2,1H3,(H,23,26)(H,24,28). The SMILES string of the molecule is CC1(c2ccc(Cl)cc2Cl)NC(=O)N(CC(=O)Nc2ccc3c(c2)OCCO3)C1=O. The van der Waals surface area contributed by atoms with Crippen LogP contribution in [0.4, 0.5) is 10.5 Å². The number of benzene rings is 2. The molecule has 1 saturated heterocycles. The van der Waals surface area contributed by atoms with Crippen molar-refractivity contribution in [1.82, 2.24) is 10.2 Å². The Kier molecular flexibility index (Phi) is 5.21. The molecule has 2 aliphatic rings. The minimum Gasteiger partial charge on any atom is -0.486 e. The van der Waals surface area contributed by atoms with E-state index in [1.807, 2.05) is 0 Å². The maximum atomic E-state index is 13.0. The highest BCUT2D eigenvalue weighted by Gasteiger charge is 2.50. The summed E-state index contributed by atoms with van der Waals surface area (Å²) in [5.74, 6) is -0.0290. The molecule has 1 unspecified atom stereocenters. The van der Waals surface area contributed by atoms with E-state index in [1.165, 1.54) is 13.0 Å². The number of hydrogen-bond donors (Lipinski definition) is 2. The molecule has 0 bridgehead atoms. The van der Waals surface area contributed by atoms with Gasteiger partial charge >= 0.3 is 6.03 Å². The monoisotopic (exact) mass is 449 g/mol. The molecule has 2 heterocycles. The van der Waals surface area contributed by atoms with Crippen molar-refractivity contribution in [2.24, 2.45) is 0 Å². The molecule has 1 atom stereocenters. The lowest BCUT2D eigenvalue weighted by Gasteiger charge is -2.23. The number of fused-ring (bicyclic) bond motifs is 1. The maximum absolute atomic E-state index is 13.0. The number of anilines is 1. The number of halogens is 2. The van der Waals surface area contributed by atoms with Crippen LogP contribution >= 0.6 is 23.2 Å². The van der Waals surface area contributed by atoms with Crippen LogP contribution in [0.2, 0.25) is 10.0 Å². The number of imide groups is 1. The van der Waals surface area contributed by atoms with Crippen molar-refractivity contribution >= 4 is 46.7 Å². The highest BCUT2D eigenvalue weighted by molar-refractivity contribution is 6.35. The van der Waals surface area contributed by atoms with E-state index in [0.717, 1.165) is 4.90 Å². The summed E-state index contributed by atoms with van der Waals surface area (Å²) in [7, 11) is 0. The second kappa shape index (κ2) is 7.70. The molecule has 2 N–H and O–H groups in total. The molecule has 2 aromatic rings. The van der Waals surface area contributed by atoms with Gasteiger partial charge in [0.05, 0.1) is 0 Å². The lowest BCUT2D eigenvalue weighted by Crippen LogP contribution is -2.42.